The summed E-state index contributed by atoms with van der Waals surface area (Å²) < 4.78 is 12.0. The zero-order valence-corrected chi connectivity index (χ0v) is 15.7. The number of hydrogen-bond acceptors (Lipinski definition) is 4. The van der Waals surface area contributed by atoms with Gasteiger partial charge in [-0.25, -0.2) is 9.78 Å². The molecule has 0 bridgehead atoms. The first kappa shape index (κ1) is 18.7. The molecule has 1 aromatic rings. The quantitative estimate of drug-likeness (QED) is 0.777. The summed E-state index contributed by atoms with van der Waals surface area (Å²) in [5.74, 6) is 0.580. The van der Waals surface area contributed by atoms with Crippen LogP contribution in [-0.2, 0) is 4.74 Å². The Kier molecular flexibility index (Phi) is 6.66. The molecule has 0 aromatic carbocycles. The van der Waals surface area contributed by atoms with Crippen molar-refractivity contribution in [3.63, 3.8) is 0 Å². The molecule has 1 heterocycles. The molecule has 124 valence electrons. The monoisotopic (exact) mass is 372 g/mol. The average Bonchev–Trinajstić information content (AvgIpc) is 2.33. The summed E-state index contributed by atoms with van der Waals surface area (Å²) in [5.41, 5.74) is 0.442. The molecule has 0 aliphatic heterocycles. The van der Waals surface area contributed by atoms with Crippen LogP contribution in [0.4, 0.5) is 4.79 Å². The van der Waals surface area contributed by atoms with Gasteiger partial charge in [0.1, 0.15) is 12.2 Å². The molecule has 0 unspecified atom stereocenters. The maximum Gasteiger partial charge on any atom is 0.410 e. The summed E-state index contributed by atoms with van der Waals surface area (Å²) in [6.07, 6.45) is 1.36. The molecule has 0 aliphatic carbocycles. The largest absolute Gasteiger partial charge is 0.476 e. The maximum atomic E-state index is 12.2. The maximum absolute atomic E-state index is 12.2. The number of aryl methyl sites for hydroxylation is 1. The van der Waals surface area contributed by atoms with Crippen molar-refractivity contribution in [1.82, 2.24) is 9.88 Å². The number of rotatable bonds is 5. The molecule has 22 heavy (non-hydrogen) atoms. The van der Waals surface area contributed by atoms with Gasteiger partial charge in [0, 0.05) is 22.3 Å². The Hall–Kier alpha value is -1.30. The molecule has 0 aliphatic rings. The van der Waals surface area contributed by atoms with Crippen LogP contribution in [0.1, 0.15) is 40.2 Å². The molecule has 0 spiro atoms. The first-order chi connectivity index (χ1) is 10.1. The van der Waals surface area contributed by atoms with E-state index in [0.717, 1.165) is 10.0 Å². The number of hydrogen-bond donors (Lipinski definition) is 0. The lowest BCUT2D eigenvalue weighted by atomic mass is 10.2. The second-order valence-electron chi connectivity index (χ2n) is 6.39. The average molecular weight is 373 g/mol. The topological polar surface area (TPSA) is 51.7 Å². The molecule has 1 amide bonds. The number of carbonyl (C=O) groups excluding carboxylic acids is 1. The molecule has 0 radical (unpaired) electrons. The number of pyridine rings is 1. The summed E-state index contributed by atoms with van der Waals surface area (Å²) in [4.78, 5) is 18.1. The van der Waals surface area contributed by atoms with Crippen LogP contribution in [0.5, 0.6) is 5.88 Å². The molecule has 1 rings (SSSR count). The molecule has 0 N–H and O–H groups in total. The molecule has 6 heteroatoms. The zero-order valence-electron chi connectivity index (χ0n) is 14.1. The van der Waals surface area contributed by atoms with Crippen molar-refractivity contribution in [2.45, 2.75) is 53.2 Å². The van der Waals surface area contributed by atoms with Crippen LogP contribution < -0.4 is 4.74 Å². The third-order valence-electron chi connectivity index (χ3n) is 2.82. The number of amides is 1. The van der Waals surface area contributed by atoms with Gasteiger partial charge in [0.25, 0.3) is 0 Å². The van der Waals surface area contributed by atoms with Crippen molar-refractivity contribution in [2.24, 2.45) is 0 Å². The standard InChI is InChI=1S/C16H25BrN2O3/c1-11(2)19(15(20)22-16(4,5)6)7-8-21-14-12(3)9-13(17)10-18-14/h9-11H,7-8H2,1-6H3. The summed E-state index contributed by atoms with van der Waals surface area (Å²) in [6, 6.07) is 1.98. The SMILES string of the molecule is Cc1cc(Br)cnc1OCCN(C(=O)OC(C)(C)C)C(C)C. The van der Waals surface area contributed by atoms with E-state index < -0.39 is 5.60 Å². The Morgan fingerprint density at radius 2 is 2.05 bits per heavy atom. The first-order valence-electron chi connectivity index (χ1n) is 7.34. The van der Waals surface area contributed by atoms with Crippen molar-refractivity contribution >= 4 is 22.0 Å². The van der Waals surface area contributed by atoms with E-state index in [-0.39, 0.29) is 12.1 Å². The molecule has 0 saturated carbocycles. The molecular formula is C16H25BrN2O3. The fourth-order valence-electron chi connectivity index (χ4n) is 1.80. The van der Waals surface area contributed by atoms with E-state index in [2.05, 4.69) is 20.9 Å². The van der Waals surface area contributed by atoms with Gasteiger partial charge in [0.15, 0.2) is 0 Å². The van der Waals surface area contributed by atoms with Crippen molar-refractivity contribution < 1.29 is 14.3 Å². The normalized spacial score (nSPS) is 11.5. The molecule has 5 nitrogen and oxygen atoms in total. The number of halogens is 1. The summed E-state index contributed by atoms with van der Waals surface area (Å²) in [6.45, 7) is 12.2. The van der Waals surface area contributed by atoms with Gasteiger partial charge in [0.2, 0.25) is 5.88 Å². The number of aromatic nitrogens is 1. The zero-order chi connectivity index (χ0) is 16.9. The lowest BCUT2D eigenvalue weighted by molar-refractivity contribution is 0.0163. The lowest BCUT2D eigenvalue weighted by Crippen LogP contribution is -2.43. The second-order valence-corrected chi connectivity index (χ2v) is 7.31. The van der Waals surface area contributed by atoms with Crippen LogP contribution in [0, 0.1) is 6.92 Å². The van der Waals surface area contributed by atoms with Crippen molar-refractivity contribution in [2.75, 3.05) is 13.2 Å². The fraction of sp³-hybridized carbons (Fsp3) is 0.625. The second kappa shape index (κ2) is 7.81. The van der Waals surface area contributed by atoms with E-state index in [0.29, 0.717) is 19.0 Å². The number of nitrogens with zero attached hydrogens (tertiary/aromatic N) is 2. The molecule has 0 atom stereocenters. The highest BCUT2D eigenvalue weighted by atomic mass is 79.9. The van der Waals surface area contributed by atoms with Gasteiger partial charge in [-0.15, -0.1) is 0 Å². The Balaban J connectivity index is 2.60. The summed E-state index contributed by atoms with van der Waals surface area (Å²) >= 11 is 3.37. The first-order valence-corrected chi connectivity index (χ1v) is 8.14. The van der Waals surface area contributed by atoms with Gasteiger partial charge in [-0.1, -0.05) is 0 Å². The Morgan fingerprint density at radius 1 is 1.41 bits per heavy atom. The predicted octanol–water partition coefficient (Wildman–Crippen LogP) is 4.18. The van der Waals surface area contributed by atoms with Crippen molar-refractivity contribution in [1.29, 1.82) is 0 Å². The van der Waals surface area contributed by atoms with Crippen LogP contribution in [0.2, 0.25) is 0 Å². The van der Waals surface area contributed by atoms with Gasteiger partial charge >= 0.3 is 6.09 Å². The molecule has 1 aromatic heterocycles. The van der Waals surface area contributed by atoms with E-state index >= 15 is 0 Å². The van der Waals surface area contributed by atoms with E-state index in [1.807, 2.05) is 47.6 Å². The Bertz CT molecular complexity index is 513. The van der Waals surface area contributed by atoms with Crippen LogP contribution in [0.25, 0.3) is 0 Å². The molecular weight excluding hydrogens is 348 g/mol. The van der Waals surface area contributed by atoms with Gasteiger partial charge < -0.3 is 14.4 Å². The minimum atomic E-state index is -0.505. The van der Waals surface area contributed by atoms with Crippen LogP contribution in [0.15, 0.2) is 16.7 Å². The highest BCUT2D eigenvalue weighted by molar-refractivity contribution is 9.10. The Labute approximate surface area is 141 Å². The molecule has 0 saturated heterocycles. The smallest absolute Gasteiger partial charge is 0.410 e. The highest BCUT2D eigenvalue weighted by Crippen LogP contribution is 2.19. The summed E-state index contributed by atoms with van der Waals surface area (Å²) in [7, 11) is 0. The van der Waals surface area contributed by atoms with Gasteiger partial charge in [0.05, 0.1) is 6.54 Å². The fourth-order valence-corrected chi connectivity index (χ4v) is 2.25. The minimum absolute atomic E-state index is 0.0393. The van der Waals surface area contributed by atoms with E-state index in [1.165, 1.54) is 0 Å². The van der Waals surface area contributed by atoms with E-state index in [1.54, 1.807) is 11.1 Å². The van der Waals surface area contributed by atoms with Crippen LogP contribution in [-0.4, -0.2) is 40.8 Å². The highest BCUT2D eigenvalue weighted by Gasteiger charge is 2.24. The van der Waals surface area contributed by atoms with Crippen molar-refractivity contribution in [3.8, 4) is 5.88 Å². The number of carbonyl (C=O) groups is 1. The van der Waals surface area contributed by atoms with E-state index in [9.17, 15) is 4.79 Å². The minimum Gasteiger partial charge on any atom is -0.476 e. The third-order valence-corrected chi connectivity index (χ3v) is 3.25. The van der Waals surface area contributed by atoms with Gasteiger partial charge in [-0.2, -0.15) is 0 Å². The number of ether oxygens (including phenoxy) is 2. The van der Waals surface area contributed by atoms with E-state index in [4.69, 9.17) is 9.47 Å². The lowest BCUT2D eigenvalue weighted by Gasteiger charge is -2.30. The predicted molar refractivity (Wildman–Crippen MR) is 90.2 cm³/mol. The molecule has 0 fully saturated rings. The Morgan fingerprint density at radius 3 is 2.55 bits per heavy atom. The summed E-state index contributed by atoms with van der Waals surface area (Å²) in [5, 5.41) is 0. The van der Waals surface area contributed by atoms with Crippen LogP contribution in [0.3, 0.4) is 0 Å². The third kappa shape index (κ3) is 6.22. The van der Waals surface area contributed by atoms with Crippen molar-refractivity contribution in [3.05, 3.63) is 22.3 Å². The van der Waals surface area contributed by atoms with Gasteiger partial charge in [-0.05, 0) is 63.5 Å². The van der Waals surface area contributed by atoms with Gasteiger partial charge in [-0.3, -0.25) is 0 Å². The van der Waals surface area contributed by atoms with Crippen LogP contribution >= 0.6 is 15.9 Å².